The lowest BCUT2D eigenvalue weighted by atomic mass is 10.3. The number of carbonyl (C=O) groups is 2. The number of carbonyl (C=O) groups excluding carboxylic acids is 1. The Bertz CT molecular complexity index is 390. The van der Waals surface area contributed by atoms with Crippen molar-refractivity contribution in [2.75, 3.05) is 11.9 Å². The summed E-state index contributed by atoms with van der Waals surface area (Å²) in [4.78, 5) is 22.8. The van der Waals surface area contributed by atoms with Crippen LogP contribution in [0.4, 0.5) is 10.7 Å². The molecule has 0 saturated carbocycles. The molecule has 2 amide bonds. The molecule has 1 heterocycles. The number of aryl methyl sites for hydroxylation is 1. The molecule has 0 radical (unpaired) electrons. The largest absolute Gasteiger partial charge is 0.480 e. The van der Waals surface area contributed by atoms with Gasteiger partial charge < -0.3 is 15.5 Å². The Hall–Kier alpha value is -2.23. The van der Waals surface area contributed by atoms with Crippen molar-refractivity contribution in [1.29, 1.82) is 0 Å². The van der Waals surface area contributed by atoms with E-state index in [2.05, 4.69) is 20.7 Å². The predicted octanol–water partition coefficient (Wildman–Crippen LogP) is -2.22. The molecule has 1 aromatic rings. The fraction of sp³-hybridized carbons (Fsp3) is 0.500. The van der Waals surface area contributed by atoms with E-state index < -0.39 is 24.6 Å². The van der Waals surface area contributed by atoms with Crippen molar-refractivity contribution in [3.05, 3.63) is 0 Å². The number of urea groups is 1. The molecule has 16 heavy (non-hydrogen) atoms. The van der Waals surface area contributed by atoms with E-state index in [1.54, 1.807) is 0 Å². The van der Waals surface area contributed by atoms with Gasteiger partial charge in [0.1, 0.15) is 0 Å². The second kappa shape index (κ2) is 5.02. The van der Waals surface area contributed by atoms with E-state index in [1.807, 2.05) is 5.32 Å². The molecular weight excluding hydrogens is 220 g/mol. The zero-order chi connectivity index (χ0) is 12.1. The smallest absolute Gasteiger partial charge is 0.328 e. The number of hydrogen-bond donors (Lipinski definition) is 4. The van der Waals surface area contributed by atoms with Gasteiger partial charge in [-0.3, -0.25) is 5.32 Å². The number of aliphatic carboxylic acids is 1. The number of nitrogens with one attached hydrogen (secondary N) is 2. The van der Waals surface area contributed by atoms with Crippen LogP contribution in [0, 0.1) is 0 Å². The van der Waals surface area contributed by atoms with Crippen LogP contribution in [0.15, 0.2) is 0 Å². The van der Waals surface area contributed by atoms with Crippen LogP contribution in [-0.4, -0.2) is 55.1 Å². The second-order valence-electron chi connectivity index (χ2n) is 2.77. The van der Waals surface area contributed by atoms with Crippen LogP contribution < -0.4 is 10.6 Å². The third kappa shape index (κ3) is 3.16. The van der Waals surface area contributed by atoms with E-state index in [0.29, 0.717) is 0 Å². The lowest BCUT2D eigenvalue weighted by Crippen LogP contribution is -2.45. The van der Waals surface area contributed by atoms with E-state index in [4.69, 9.17) is 10.2 Å². The number of nitrogens with zero attached hydrogens (tertiary/aromatic N) is 4. The van der Waals surface area contributed by atoms with E-state index in [1.165, 1.54) is 7.05 Å². The van der Waals surface area contributed by atoms with Gasteiger partial charge in [-0.25, -0.2) is 9.59 Å². The Morgan fingerprint density at radius 2 is 2.25 bits per heavy atom. The summed E-state index contributed by atoms with van der Waals surface area (Å²) >= 11 is 0. The van der Waals surface area contributed by atoms with E-state index in [-0.39, 0.29) is 5.95 Å². The maximum atomic E-state index is 11.2. The number of aromatic nitrogens is 4. The molecule has 0 saturated heterocycles. The standard InChI is InChI=1S/C6H10N6O4/c1-12-10-5(9-11-12)8-6(16)7-3(2-13)4(14)15/h3,13H,2H2,1H3,(H,14,15)(H2,7,8,10,16)/t3-/m0/s1. The second-order valence-corrected chi connectivity index (χ2v) is 2.77. The monoisotopic (exact) mass is 230 g/mol. The first-order chi connectivity index (χ1) is 7.52. The van der Waals surface area contributed by atoms with E-state index >= 15 is 0 Å². The molecule has 0 bridgehead atoms. The summed E-state index contributed by atoms with van der Waals surface area (Å²) in [5.74, 6) is -1.41. The summed E-state index contributed by atoms with van der Waals surface area (Å²) in [6.45, 7) is -0.712. The number of carboxylic acids is 1. The molecule has 0 unspecified atom stereocenters. The molecule has 1 atom stereocenters. The third-order valence-corrected chi connectivity index (χ3v) is 1.52. The predicted molar refractivity (Wildman–Crippen MR) is 49.5 cm³/mol. The lowest BCUT2D eigenvalue weighted by Gasteiger charge is -2.10. The van der Waals surface area contributed by atoms with Crippen LogP contribution in [0.3, 0.4) is 0 Å². The first kappa shape index (κ1) is 11.8. The van der Waals surface area contributed by atoms with Crippen LogP contribution in [0.25, 0.3) is 0 Å². The van der Waals surface area contributed by atoms with Gasteiger partial charge in [0, 0.05) is 0 Å². The van der Waals surface area contributed by atoms with Gasteiger partial charge in [0.05, 0.1) is 13.7 Å². The topological polar surface area (TPSA) is 142 Å². The average molecular weight is 230 g/mol. The zero-order valence-corrected chi connectivity index (χ0v) is 8.28. The van der Waals surface area contributed by atoms with Gasteiger partial charge in [-0.1, -0.05) is 5.10 Å². The minimum Gasteiger partial charge on any atom is -0.480 e. The van der Waals surface area contributed by atoms with Gasteiger partial charge in [-0.15, -0.1) is 5.10 Å². The van der Waals surface area contributed by atoms with Gasteiger partial charge in [0.15, 0.2) is 6.04 Å². The maximum absolute atomic E-state index is 11.2. The minimum atomic E-state index is -1.38. The summed E-state index contributed by atoms with van der Waals surface area (Å²) < 4.78 is 0. The Morgan fingerprint density at radius 1 is 1.56 bits per heavy atom. The highest BCUT2D eigenvalue weighted by atomic mass is 16.4. The SMILES string of the molecule is Cn1nnc(NC(=O)N[C@@H](CO)C(=O)O)n1. The zero-order valence-electron chi connectivity index (χ0n) is 8.28. The van der Waals surface area contributed by atoms with E-state index in [9.17, 15) is 9.59 Å². The summed E-state index contributed by atoms with van der Waals surface area (Å²) in [5, 5.41) is 31.9. The molecule has 0 aliphatic rings. The van der Waals surface area contributed by atoms with Gasteiger partial charge in [-0.05, 0) is 5.21 Å². The molecule has 4 N–H and O–H groups in total. The Kier molecular flexibility index (Phi) is 3.72. The maximum Gasteiger partial charge on any atom is 0.328 e. The number of amides is 2. The molecule has 88 valence electrons. The number of rotatable bonds is 4. The van der Waals surface area contributed by atoms with Gasteiger partial charge in [0.2, 0.25) is 0 Å². The Balaban J connectivity index is 2.50. The number of aliphatic hydroxyl groups is 1. The first-order valence-electron chi connectivity index (χ1n) is 4.18. The van der Waals surface area contributed by atoms with Gasteiger partial charge in [-0.2, -0.15) is 4.80 Å². The number of aliphatic hydroxyl groups excluding tert-OH is 1. The van der Waals surface area contributed by atoms with Crippen molar-refractivity contribution < 1.29 is 19.8 Å². The van der Waals surface area contributed by atoms with Crippen LogP contribution >= 0.6 is 0 Å². The normalized spacial score (nSPS) is 11.9. The molecule has 0 aromatic carbocycles. The Morgan fingerprint density at radius 3 is 2.69 bits per heavy atom. The lowest BCUT2D eigenvalue weighted by molar-refractivity contribution is -0.140. The molecular formula is C6H10N6O4. The minimum absolute atomic E-state index is 0.0675. The van der Waals surface area contributed by atoms with Crippen molar-refractivity contribution in [2.24, 2.45) is 7.05 Å². The fourth-order valence-electron chi connectivity index (χ4n) is 0.816. The molecule has 0 aliphatic carbocycles. The molecule has 0 spiro atoms. The Labute approximate surface area is 89.3 Å². The molecule has 10 nitrogen and oxygen atoms in total. The van der Waals surface area contributed by atoms with Gasteiger partial charge in [0.25, 0.3) is 5.95 Å². The molecule has 0 fully saturated rings. The quantitative estimate of drug-likeness (QED) is 0.458. The number of carboxylic acid groups (broad SMARTS) is 1. The van der Waals surface area contributed by atoms with Gasteiger partial charge >= 0.3 is 12.0 Å². The highest BCUT2D eigenvalue weighted by Gasteiger charge is 2.19. The van der Waals surface area contributed by atoms with Crippen LogP contribution in [0.5, 0.6) is 0 Å². The number of hydrogen-bond acceptors (Lipinski definition) is 6. The number of anilines is 1. The van der Waals surface area contributed by atoms with Crippen molar-refractivity contribution in [2.45, 2.75) is 6.04 Å². The summed E-state index contributed by atoms with van der Waals surface area (Å²) in [7, 11) is 1.50. The molecule has 1 aromatic heterocycles. The van der Waals surface area contributed by atoms with Crippen molar-refractivity contribution >= 4 is 17.9 Å². The van der Waals surface area contributed by atoms with Crippen LogP contribution in [-0.2, 0) is 11.8 Å². The van der Waals surface area contributed by atoms with Crippen molar-refractivity contribution in [3.63, 3.8) is 0 Å². The molecule has 10 heteroatoms. The van der Waals surface area contributed by atoms with Crippen molar-refractivity contribution in [1.82, 2.24) is 25.5 Å². The first-order valence-corrected chi connectivity index (χ1v) is 4.18. The summed E-state index contributed by atoms with van der Waals surface area (Å²) in [6, 6.07) is -2.22. The highest BCUT2D eigenvalue weighted by Crippen LogP contribution is 1.92. The van der Waals surface area contributed by atoms with Crippen LogP contribution in [0.1, 0.15) is 0 Å². The summed E-state index contributed by atoms with van der Waals surface area (Å²) in [5.41, 5.74) is 0. The molecule has 1 rings (SSSR count). The fourth-order valence-corrected chi connectivity index (χ4v) is 0.816. The highest BCUT2D eigenvalue weighted by molar-refractivity contribution is 5.90. The average Bonchev–Trinajstić information content (AvgIpc) is 2.60. The number of tetrazole rings is 1. The summed E-state index contributed by atoms with van der Waals surface area (Å²) in [6.07, 6.45) is 0. The molecule has 0 aliphatic heterocycles. The van der Waals surface area contributed by atoms with Crippen molar-refractivity contribution in [3.8, 4) is 0 Å². The third-order valence-electron chi connectivity index (χ3n) is 1.52. The van der Waals surface area contributed by atoms with E-state index in [0.717, 1.165) is 4.80 Å². The van der Waals surface area contributed by atoms with Crippen LogP contribution in [0.2, 0.25) is 0 Å².